The summed E-state index contributed by atoms with van der Waals surface area (Å²) >= 11 is 1.71. The number of benzene rings is 1. The minimum atomic E-state index is 1.38. The molecular formula is C11H17NS. The van der Waals surface area contributed by atoms with Crippen LogP contribution in [0.15, 0.2) is 11.0 Å². The monoisotopic (exact) mass is 195 g/mol. The maximum Gasteiger partial charge on any atom is 0.0291 e. The van der Waals surface area contributed by atoms with Crippen molar-refractivity contribution in [1.29, 1.82) is 0 Å². The van der Waals surface area contributed by atoms with Crippen molar-refractivity contribution >= 4 is 11.9 Å². The zero-order valence-corrected chi connectivity index (χ0v) is 9.80. The van der Waals surface area contributed by atoms with Gasteiger partial charge in [0.05, 0.1) is 0 Å². The molecule has 2 heteroatoms. The van der Waals surface area contributed by atoms with Crippen molar-refractivity contribution in [2.75, 3.05) is 7.05 Å². The van der Waals surface area contributed by atoms with Gasteiger partial charge in [-0.05, 0) is 68.9 Å². The van der Waals surface area contributed by atoms with Crippen LogP contribution in [-0.2, 0) is 0 Å². The first-order chi connectivity index (χ1) is 6.07. The van der Waals surface area contributed by atoms with Crippen molar-refractivity contribution in [3.8, 4) is 0 Å². The van der Waals surface area contributed by atoms with Gasteiger partial charge < -0.3 is 0 Å². The first kappa shape index (κ1) is 10.6. The van der Waals surface area contributed by atoms with Gasteiger partial charge in [-0.15, -0.1) is 0 Å². The smallest absolute Gasteiger partial charge is 0.0291 e. The van der Waals surface area contributed by atoms with Crippen LogP contribution in [0.5, 0.6) is 0 Å². The van der Waals surface area contributed by atoms with Crippen LogP contribution in [0.2, 0.25) is 0 Å². The lowest BCUT2D eigenvalue weighted by Crippen LogP contribution is -1.98. The van der Waals surface area contributed by atoms with Gasteiger partial charge in [0.1, 0.15) is 0 Å². The summed E-state index contributed by atoms with van der Waals surface area (Å²) in [5.74, 6) is 0. The van der Waals surface area contributed by atoms with Gasteiger partial charge in [0, 0.05) is 4.90 Å². The van der Waals surface area contributed by atoms with Gasteiger partial charge in [-0.25, -0.2) is 0 Å². The Bertz CT molecular complexity index is 292. The van der Waals surface area contributed by atoms with Gasteiger partial charge >= 0.3 is 0 Å². The Kier molecular flexibility index (Phi) is 3.40. The minimum Gasteiger partial charge on any atom is -0.263 e. The molecule has 0 saturated heterocycles. The van der Waals surface area contributed by atoms with Crippen molar-refractivity contribution in [3.63, 3.8) is 0 Å². The lowest BCUT2D eigenvalue weighted by molar-refractivity contribution is 1.12. The van der Waals surface area contributed by atoms with E-state index in [0.717, 1.165) is 0 Å². The van der Waals surface area contributed by atoms with Gasteiger partial charge in [-0.3, -0.25) is 4.72 Å². The molecule has 1 N–H and O–H groups in total. The van der Waals surface area contributed by atoms with E-state index in [-0.39, 0.29) is 0 Å². The molecule has 0 spiro atoms. The maximum absolute atomic E-state index is 3.14. The van der Waals surface area contributed by atoms with E-state index in [9.17, 15) is 0 Å². The number of aryl methyl sites for hydroxylation is 2. The average molecular weight is 195 g/mol. The van der Waals surface area contributed by atoms with Gasteiger partial charge in [-0.2, -0.15) is 0 Å². The molecule has 1 aromatic rings. The molecule has 13 heavy (non-hydrogen) atoms. The standard InChI is InChI=1S/C11H17NS/c1-7-6-8(2)10(4)11(9(7)3)13-12-5/h6,12H,1-5H3. The van der Waals surface area contributed by atoms with Gasteiger partial charge in [-0.1, -0.05) is 6.07 Å². The van der Waals surface area contributed by atoms with Crippen LogP contribution in [0.1, 0.15) is 22.3 Å². The number of hydrogen-bond donors (Lipinski definition) is 1. The molecule has 0 aromatic heterocycles. The third kappa shape index (κ3) is 2.06. The summed E-state index contributed by atoms with van der Waals surface area (Å²) in [6.07, 6.45) is 0. The SMILES string of the molecule is CNSc1c(C)c(C)cc(C)c1C. The molecule has 0 heterocycles. The van der Waals surface area contributed by atoms with Crippen LogP contribution >= 0.6 is 11.9 Å². The second kappa shape index (κ2) is 4.16. The normalized spacial score (nSPS) is 10.5. The van der Waals surface area contributed by atoms with E-state index in [0.29, 0.717) is 0 Å². The second-order valence-electron chi connectivity index (χ2n) is 3.40. The van der Waals surface area contributed by atoms with Crippen LogP contribution in [0.4, 0.5) is 0 Å². The van der Waals surface area contributed by atoms with Crippen LogP contribution in [0, 0.1) is 27.7 Å². The average Bonchev–Trinajstić information content (AvgIpc) is 2.09. The Hall–Kier alpha value is -0.470. The van der Waals surface area contributed by atoms with Crippen molar-refractivity contribution in [1.82, 2.24) is 4.72 Å². The summed E-state index contributed by atoms with van der Waals surface area (Å²) in [7, 11) is 1.96. The van der Waals surface area contributed by atoms with E-state index >= 15 is 0 Å². The van der Waals surface area contributed by atoms with Crippen molar-refractivity contribution in [3.05, 3.63) is 28.3 Å². The fourth-order valence-electron chi connectivity index (χ4n) is 1.44. The third-order valence-electron chi connectivity index (χ3n) is 2.50. The largest absolute Gasteiger partial charge is 0.263 e. The maximum atomic E-state index is 3.14. The molecule has 0 saturated carbocycles. The summed E-state index contributed by atoms with van der Waals surface area (Å²) in [5.41, 5.74) is 5.53. The molecule has 1 nitrogen and oxygen atoms in total. The Morgan fingerprint density at radius 3 is 1.85 bits per heavy atom. The summed E-state index contributed by atoms with van der Waals surface area (Å²) in [5, 5.41) is 0. The van der Waals surface area contributed by atoms with Crippen LogP contribution in [-0.4, -0.2) is 7.05 Å². The number of nitrogens with one attached hydrogen (secondary N) is 1. The quantitative estimate of drug-likeness (QED) is 0.728. The fraction of sp³-hybridized carbons (Fsp3) is 0.455. The lowest BCUT2D eigenvalue weighted by atomic mass is 10.0. The molecule has 0 aliphatic carbocycles. The molecule has 1 rings (SSSR count). The number of rotatable bonds is 2. The highest BCUT2D eigenvalue weighted by atomic mass is 32.2. The molecule has 72 valence electrons. The molecule has 0 amide bonds. The van der Waals surface area contributed by atoms with E-state index in [1.807, 2.05) is 7.05 Å². The van der Waals surface area contributed by atoms with Crippen molar-refractivity contribution in [2.24, 2.45) is 0 Å². The Balaban J connectivity index is 3.28. The zero-order valence-electron chi connectivity index (χ0n) is 8.99. The van der Waals surface area contributed by atoms with Crippen molar-refractivity contribution < 1.29 is 0 Å². The topological polar surface area (TPSA) is 12.0 Å². The molecule has 0 aliphatic rings. The van der Waals surface area contributed by atoms with Gasteiger partial charge in [0.25, 0.3) is 0 Å². The molecule has 0 fully saturated rings. The fourth-order valence-corrected chi connectivity index (χ4v) is 2.27. The molecular weight excluding hydrogens is 178 g/mol. The highest BCUT2D eigenvalue weighted by molar-refractivity contribution is 7.97. The molecule has 1 aromatic carbocycles. The van der Waals surface area contributed by atoms with Crippen LogP contribution in [0.25, 0.3) is 0 Å². The zero-order chi connectivity index (χ0) is 10.0. The first-order valence-corrected chi connectivity index (χ1v) is 5.30. The summed E-state index contributed by atoms with van der Waals surface area (Å²) < 4.78 is 3.14. The van der Waals surface area contributed by atoms with Crippen LogP contribution in [0.3, 0.4) is 0 Å². The molecule has 0 aliphatic heterocycles. The highest BCUT2D eigenvalue weighted by Gasteiger charge is 2.07. The Morgan fingerprint density at radius 1 is 1.00 bits per heavy atom. The molecule has 0 unspecified atom stereocenters. The highest BCUT2D eigenvalue weighted by Crippen LogP contribution is 2.28. The molecule has 0 bridgehead atoms. The summed E-state index contributed by atoms with van der Waals surface area (Å²) in [6, 6.07) is 2.25. The summed E-state index contributed by atoms with van der Waals surface area (Å²) in [4.78, 5) is 1.38. The van der Waals surface area contributed by atoms with E-state index in [2.05, 4.69) is 38.5 Å². The predicted molar refractivity (Wildman–Crippen MR) is 60.3 cm³/mol. The first-order valence-electron chi connectivity index (χ1n) is 4.49. The van der Waals surface area contributed by atoms with Crippen molar-refractivity contribution in [2.45, 2.75) is 32.6 Å². The van der Waals surface area contributed by atoms with Gasteiger partial charge in [0.15, 0.2) is 0 Å². The van der Waals surface area contributed by atoms with Crippen LogP contribution < -0.4 is 4.72 Å². The van der Waals surface area contributed by atoms with Gasteiger partial charge in [0.2, 0.25) is 0 Å². The van der Waals surface area contributed by atoms with E-state index < -0.39 is 0 Å². The molecule has 0 radical (unpaired) electrons. The second-order valence-corrected chi connectivity index (χ2v) is 4.42. The van der Waals surface area contributed by atoms with E-state index in [4.69, 9.17) is 0 Å². The lowest BCUT2D eigenvalue weighted by Gasteiger charge is -2.13. The Morgan fingerprint density at radius 2 is 1.46 bits per heavy atom. The van der Waals surface area contributed by atoms with E-state index in [1.54, 1.807) is 11.9 Å². The summed E-state index contributed by atoms with van der Waals surface area (Å²) in [6.45, 7) is 8.70. The van der Waals surface area contributed by atoms with E-state index in [1.165, 1.54) is 27.1 Å². The number of hydrogen-bond acceptors (Lipinski definition) is 2. The minimum absolute atomic E-state index is 1.38. The third-order valence-corrected chi connectivity index (χ3v) is 3.52. The Labute approximate surface area is 85.1 Å². The molecule has 0 atom stereocenters. The predicted octanol–water partition coefficient (Wildman–Crippen LogP) is 3.15.